The van der Waals surface area contributed by atoms with Gasteiger partial charge in [-0.25, -0.2) is 0 Å². The van der Waals surface area contributed by atoms with Crippen molar-refractivity contribution in [1.82, 2.24) is 4.90 Å². The minimum atomic E-state index is -0.809. The minimum Gasteiger partial charge on any atom is -0.481 e. The van der Waals surface area contributed by atoms with E-state index in [1.165, 1.54) is 0 Å². The Morgan fingerprint density at radius 2 is 2.17 bits per heavy atom. The van der Waals surface area contributed by atoms with Crippen LogP contribution < -0.4 is 0 Å². The number of aliphatic carboxylic acids is 1. The van der Waals surface area contributed by atoms with Crippen LogP contribution in [0.2, 0.25) is 0 Å². The summed E-state index contributed by atoms with van der Waals surface area (Å²) in [5.74, 6) is -1.31. The van der Waals surface area contributed by atoms with E-state index in [1.54, 1.807) is 4.90 Å². The third-order valence-electron chi connectivity index (χ3n) is 3.24. The summed E-state index contributed by atoms with van der Waals surface area (Å²) in [5, 5.41) is 8.94. The molecule has 0 spiro atoms. The molecule has 0 aromatic carbocycles. The molecule has 0 bridgehead atoms. The van der Waals surface area contributed by atoms with E-state index < -0.39 is 11.9 Å². The SMILES string of the molecule is CCCCCOCC(=O)N1CCC[C@H](C(=O)O)C1. The van der Waals surface area contributed by atoms with Gasteiger partial charge in [-0.2, -0.15) is 0 Å². The van der Waals surface area contributed by atoms with E-state index in [2.05, 4.69) is 6.92 Å². The molecule has 1 rings (SSSR count). The fraction of sp³-hybridized carbons (Fsp3) is 0.846. The van der Waals surface area contributed by atoms with E-state index in [9.17, 15) is 9.59 Å². The Balaban J connectivity index is 2.22. The molecule has 0 aliphatic carbocycles. The normalized spacial score (nSPS) is 19.8. The topological polar surface area (TPSA) is 66.8 Å². The minimum absolute atomic E-state index is 0.0794. The van der Waals surface area contributed by atoms with Crippen LogP contribution in [0.4, 0.5) is 0 Å². The fourth-order valence-electron chi connectivity index (χ4n) is 2.11. The van der Waals surface area contributed by atoms with Crippen LogP contribution in [0.5, 0.6) is 0 Å². The standard InChI is InChI=1S/C13H23NO4/c1-2-3-4-8-18-10-12(15)14-7-5-6-11(9-14)13(16)17/h11H,2-10H2,1H3,(H,16,17)/t11-/m0/s1. The van der Waals surface area contributed by atoms with Crippen molar-refractivity contribution in [1.29, 1.82) is 0 Å². The third kappa shape index (κ3) is 5.04. The van der Waals surface area contributed by atoms with Gasteiger partial charge in [-0.1, -0.05) is 19.8 Å². The number of nitrogens with zero attached hydrogens (tertiary/aromatic N) is 1. The second kappa shape index (κ2) is 8.08. The fourth-order valence-corrected chi connectivity index (χ4v) is 2.11. The lowest BCUT2D eigenvalue weighted by atomic mass is 9.98. The zero-order chi connectivity index (χ0) is 13.4. The van der Waals surface area contributed by atoms with Gasteiger partial charge in [0.25, 0.3) is 0 Å². The second-order valence-corrected chi connectivity index (χ2v) is 4.78. The summed E-state index contributed by atoms with van der Waals surface area (Å²) >= 11 is 0. The van der Waals surface area contributed by atoms with Gasteiger partial charge in [0, 0.05) is 19.7 Å². The maximum absolute atomic E-state index is 11.8. The summed E-state index contributed by atoms with van der Waals surface area (Å²) in [7, 11) is 0. The van der Waals surface area contributed by atoms with Gasteiger partial charge in [-0.05, 0) is 19.3 Å². The summed E-state index contributed by atoms with van der Waals surface area (Å²) in [6, 6.07) is 0. The lowest BCUT2D eigenvalue weighted by Crippen LogP contribution is -2.43. The molecule has 1 saturated heterocycles. The molecule has 0 aromatic heterocycles. The summed E-state index contributed by atoms with van der Waals surface area (Å²) in [4.78, 5) is 24.3. The van der Waals surface area contributed by atoms with Gasteiger partial charge in [0.05, 0.1) is 5.92 Å². The van der Waals surface area contributed by atoms with Crippen molar-refractivity contribution in [2.45, 2.75) is 39.0 Å². The number of unbranched alkanes of at least 4 members (excludes halogenated alkanes) is 2. The Labute approximate surface area is 108 Å². The van der Waals surface area contributed by atoms with Gasteiger partial charge in [0.15, 0.2) is 0 Å². The van der Waals surface area contributed by atoms with Crippen molar-refractivity contribution in [3.63, 3.8) is 0 Å². The number of carbonyl (C=O) groups excluding carboxylic acids is 1. The highest BCUT2D eigenvalue weighted by Crippen LogP contribution is 2.16. The molecule has 0 unspecified atom stereocenters. The van der Waals surface area contributed by atoms with Crippen molar-refractivity contribution in [3.8, 4) is 0 Å². The smallest absolute Gasteiger partial charge is 0.308 e. The molecule has 5 nitrogen and oxygen atoms in total. The van der Waals surface area contributed by atoms with E-state index in [-0.39, 0.29) is 12.5 Å². The Bertz CT molecular complexity index is 280. The average Bonchev–Trinajstić information content (AvgIpc) is 2.38. The van der Waals surface area contributed by atoms with Crippen LogP contribution in [-0.4, -0.2) is 48.2 Å². The lowest BCUT2D eigenvalue weighted by Gasteiger charge is -2.30. The van der Waals surface area contributed by atoms with E-state index in [0.29, 0.717) is 26.1 Å². The average molecular weight is 257 g/mol. The Morgan fingerprint density at radius 3 is 2.83 bits per heavy atom. The largest absolute Gasteiger partial charge is 0.481 e. The maximum Gasteiger partial charge on any atom is 0.308 e. The Hall–Kier alpha value is -1.10. The molecular weight excluding hydrogens is 234 g/mol. The van der Waals surface area contributed by atoms with Crippen LogP contribution >= 0.6 is 0 Å². The number of carboxylic acid groups (broad SMARTS) is 1. The number of carbonyl (C=O) groups is 2. The highest BCUT2D eigenvalue weighted by atomic mass is 16.5. The quantitative estimate of drug-likeness (QED) is 0.702. The summed E-state index contributed by atoms with van der Waals surface area (Å²) in [5.41, 5.74) is 0. The van der Waals surface area contributed by atoms with E-state index in [1.807, 2.05) is 0 Å². The first-order valence-electron chi connectivity index (χ1n) is 6.73. The number of piperidine rings is 1. The van der Waals surface area contributed by atoms with Gasteiger partial charge in [-0.15, -0.1) is 0 Å². The molecule has 0 radical (unpaired) electrons. The van der Waals surface area contributed by atoms with Crippen LogP contribution in [0.3, 0.4) is 0 Å². The molecule has 1 aliphatic heterocycles. The third-order valence-corrected chi connectivity index (χ3v) is 3.24. The number of amides is 1. The molecule has 104 valence electrons. The highest BCUT2D eigenvalue weighted by molar-refractivity contribution is 5.79. The number of ether oxygens (including phenoxy) is 1. The van der Waals surface area contributed by atoms with Crippen LogP contribution in [0.15, 0.2) is 0 Å². The number of carboxylic acids is 1. The van der Waals surface area contributed by atoms with Crippen molar-refractivity contribution < 1.29 is 19.4 Å². The van der Waals surface area contributed by atoms with Crippen LogP contribution in [-0.2, 0) is 14.3 Å². The zero-order valence-corrected chi connectivity index (χ0v) is 11.1. The van der Waals surface area contributed by atoms with Gasteiger partial charge >= 0.3 is 5.97 Å². The molecule has 1 heterocycles. The first-order valence-corrected chi connectivity index (χ1v) is 6.73. The van der Waals surface area contributed by atoms with E-state index >= 15 is 0 Å². The van der Waals surface area contributed by atoms with Gasteiger partial charge in [-0.3, -0.25) is 9.59 Å². The molecule has 0 aromatic rings. The molecule has 1 amide bonds. The number of likely N-dealkylation sites (tertiary alicyclic amines) is 1. The molecule has 1 N–H and O–H groups in total. The first kappa shape index (κ1) is 15.0. The molecule has 5 heteroatoms. The Morgan fingerprint density at radius 1 is 1.39 bits per heavy atom. The Kier molecular flexibility index (Phi) is 6.72. The van der Waals surface area contributed by atoms with Crippen LogP contribution in [0, 0.1) is 5.92 Å². The van der Waals surface area contributed by atoms with Gasteiger partial charge in [0.2, 0.25) is 5.91 Å². The highest BCUT2D eigenvalue weighted by Gasteiger charge is 2.27. The van der Waals surface area contributed by atoms with E-state index in [0.717, 1.165) is 25.7 Å². The van der Waals surface area contributed by atoms with Crippen molar-refractivity contribution in [2.75, 3.05) is 26.3 Å². The predicted molar refractivity (Wildman–Crippen MR) is 67.3 cm³/mol. The van der Waals surface area contributed by atoms with Crippen LogP contribution in [0.1, 0.15) is 39.0 Å². The van der Waals surface area contributed by atoms with Gasteiger partial charge < -0.3 is 14.7 Å². The molecule has 1 atom stereocenters. The van der Waals surface area contributed by atoms with Crippen molar-refractivity contribution in [3.05, 3.63) is 0 Å². The predicted octanol–water partition coefficient (Wildman–Crippen LogP) is 1.52. The monoisotopic (exact) mass is 257 g/mol. The van der Waals surface area contributed by atoms with Gasteiger partial charge in [0.1, 0.15) is 6.61 Å². The molecule has 0 saturated carbocycles. The number of rotatable bonds is 7. The molecular formula is C13H23NO4. The van der Waals surface area contributed by atoms with Crippen molar-refractivity contribution in [2.24, 2.45) is 5.92 Å². The van der Waals surface area contributed by atoms with Crippen molar-refractivity contribution >= 4 is 11.9 Å². The summed E-state index contributed by atoms with van der Waals surface area (Å²) < 4.78 is 5.31. The van der Waals surface area contributed by atoms with E-state index in [4.69, 9.17) is 9.84 Å². The maximum atomic E-state index is 11.8. The lowest BCUT2D eigenvalue weighted by molar-refractivity contribution is -0.147. The molecule has 1 aliphatic rings. The molecule has 18 heavy (non-hydrogen) atoms. The first-order chi connectivity index (χ1) is 8.65. The van der Waals surface area contributed by atoms with Crippen LogP contribution in [0.25, 0.3) is 0 Å². The number of hydrogen-bond donors (Lipinski definition) is 1. The summed E-state index contributed by atoms with van der Waals surface area (Å²) in [6.07, 6.45) is 4.64. The number of hydrogen-bond acceptors (Lipinski definition) is 3. The zero-order valence-electron chi connectivity index (χ0n) is 11.1. The molecule has 1 fully saturated rings. The second-order valence-electron chi connectivity index (χ2n) is 4.78. The summed E-state index contributed by atoms with van der Waals surface area (Å²) in [6.45, 7) is 3.78.